The van der Waals surface area contributed by atoms with Gasteiger partial charge in [0.1, 0.15) is 6.10 Å². The highest BCUT2D eigenvalue weighted by Crippen LogP contribution is 2.49. The zero-order chi connectivity index (χ0) is 28.8. The third kappa shape index (κ3) is 7.76. The van der Waals surface area contributed by atoms with Crippen molar-refractivity contribution >= 4 is 5.97 Å². The molecule has 4 unspecified atom stereocenters. The Balaban J connectivity index is 1.01. The molecule has 0 heterocycles. The monoisotopic (exact) mass is 574 g/mol. The van der Waals surface area contributed by atoms with Crippen LogP contribution in [0.25, 0.3) is 0 Å². The summed E-state index contributed by atoms with van der Waals surface area (Å²) in [4.78, 5) is 12.8. The summed E-state index contributed by atoms with van der Waals surface area (Å²) >= 11 is 0. The predicted molar refractivity (Wildman–Crippen MR) is 157 cm³/mol. The van der Waals surface area contributed by atoms with Gasteiger partial charge in [0.15, 0.2) is 11.5 Å². The molecule has 4 aliphatic rings. The third-order valence-corrected chi connectivity index (χ3v) is 11.1. The summed E-state index contributed by atoms with van der Waals surface area (Å²) in [5.74, 6) is 2.51. The summed E-state index contributed by atoms with van der Waals surface area (Å²) in [6.07, 6.45) is 18.9. The lowest BCUT2D eigenvalue weighted by molar-refractivity contribution is -0.157. The van der Waals surface area contributed by atoms with Crippen molar-refractivity contribution in [1.82, 2.24) is 0 Å². The van der Waals surface area contributed by atoms with E-state index in [-0.39, 0.29) is 29.5 Å². The molecule has 0 aliphatic heterocycles. The Labute approximate surface area is 246 Å². The van der Waals surface area contributed by atoms with E-state index in [4.69, 9.17) is 14.2 Å². The van der Waals surface area contributed by atoms with E-state index in [0.717, 1.165) is 68.1 Å². The molecule has 1 aromatic rings. The molecule has 0 N–H and O–H groups in total. The van der Waals surface area contributed by atoms with Crippen LogP contribution in [0.1, 0.15) is 117 Å². The minimum Gasteiger partial charge on any atom is -0.491 e. The van der Waals surface area contributed by atoms with Crippen LogP contribution in [0.15, 0.2) is 12.1 Å². The number of carbonyl (C=O) groups excluding carboxylic acids is 1. The second-order valence-electron chi connectivity index (χ2n) is 13.7. The Kier molecular flexibility index (Phi) is 10.9. The Hall–Kier alpha value is -1.85. The molecule has 0 saturated heterocycles. The Morgan fingerprint density at radius 3 is 1.93 bits per heavy atom. The van der Waals surface area contributed by atoms with Crippen LogP contribution in [0.3, 0.4) is 0 Å². The van der Waals surface area contributed by atoms with Crippen molar-refractivity contribution in [1.29, 1.82) is 0 Å². The fourth-order valence-corrected chi connectivity index (χ4v) is 8.74. The van der Waals surface area contributed by atoms with E-state index in [1.807, 2.05) is 0 Å². The number of hydrogen-bond donors (Lipinski definition) is 0. The predicted octanol–water partition coefficient (Wildman–Crippen LogP) is 9.28. The number of hydrogen-bond acceptors (Lipinski definition) is 4. The first-order chi connectivity index (χ1) is 19.9. The Bertz CT molecular complexity index is 983. The van der Waals surface area contributed by atoms with E-state index in [2.05, 4.69) is 6.92 Å². The van der Waals surface area contributed by atoms with Crippen molar-refractivity contribution in [3.8, 4) is 11.5 Å². The zero-order valence-electron chi connectivity index (χ0n) is 25.4. The highest BCUT2D eigenvalue weighted by Gasteiger charge is 2.39. The molecular weight excluding hydrogens is 522 g/mol. The van der Waals surface area contributed by atoms with E-state index in [1.165, 1.54) is 76.3 Å². The molecule has 4 atom stereocenters. The number of benzene rings is 1. The van der Waals surface area contributed by atoms with Crippen molar-refractivity contribution in [2.24, 2.45) is 41.4 Å². The number of ether oxygens (including phenoxy) is 3. The molecule has 0 radical (unpaired) electrons. The first kappa shape index (κ1) is 30.6. The van der Waals surface area contributed by atoms with Crippen LogP contribution in [-0.4, -0.2) is 25.3 Å². The lowest BCUT2D eigenvalue weighted by Crippen LogP contribution is -2.36. The van der Waals surface area contributed by atoms with Crippen molar-refractivity contribution < 1.29 is 27.8 Å². The number of carbonyl (C=O) groups is 1. The summed E-state index contributed by atoms with van der Waals surface area (Å²) in [5.41, 5.74) is 0. The first-order valence-corrected chi connectivity index (χ1v) is 16.9. The van der Waals surface area contributed by atoms with E-state index in [1.54, 1.807) is 6.92 Å². The number of rotatable bonds is 10. The summed E-state index contributed by atoms with van der Waals surface area (Å²) in [5, 5.41) is 0. The van der Waals surface area contributed by atoms with Crippen molar-refractivity contribution in [3.63, 3.8) is 0 Å². The van der Waals surface area contributed by atoms with Gasteiger partial charge in [-0.3, -0.25) is 4.79 Å². The van der Waals surface area contributed by atoms with E-state index in [9.17, 15) is 13.6 Å². The topological polar surface area (TPSA) is 44.8 Å². The molecule has 0 bridgehead atoms. The van der Waals surface area contributed by atoms with Gasteiger partial charge in [-0.2, -0.15) is 8.78 Å². The van der Waals surface area contributed by atoms with Gasteiger partial charge in [0.25, 0.3) is 0 Å². The molecule has 1 aromatic carbocycles. The highest BCUT2D eigenvalue weighted by molar-refractivity contribution is 5.72. The quantitative estimate of drug-likeness (QED) is 0.261. The Morgan fingerprint density at radius 1 is 0.707 bits per heavy atom. The standard InChI is InChI=1S/C35H52F2O4/c1-3-5-23-6-9-26(10-7-23)35(38)41-30-16-14-25(15-17-30)28-13-12-27-20-24(8-11-29(27)21-28)22-40-32-19-18-31(39-4-2)33(36)34(32)37/h18-19,23-30H,3-17,20-22H2,1-2H3. The van der Waals surface area contributed by atoms with Gasteiger partial charge in [-0.05, 0) is 144 Å². The molecule has 6 heteroatoms. The normalized spacial score (nSPS) is 34.0. The molecule has 230 valence electrons. The second-order valence-corrected chi connectivity index (χ2v) is 13.7. The average Bonchev–Trinajstić information content (AvgIpc) is 3.00. The number of esters is 1. The van der Waals surface area contributed by atoms with Gasteiger partial charge in [0.05, 0.1) is 19.1 Å². The van der Waals surface area contributed by atoms with Gasteiger partial charge >= 0.3 is 5.97 Å². The second kappa shape index (κ2) is 14.6. The van der Waals surface area contributed by atoms with Crippen LogP contribution in [0.2, 0.25) is 0 Å². The van der Waals surface area contributed by atoms with Crippen LogP contribution >= 0.6 is 0 Å². The molecule has 0 spiro atoms. The van der Waals surface area contributed by atoms with Gasteiger partial charge in [0.2, 0.25) is 11.6 Å². The fourth-order valence-electron chi connectivity index (χ4n) is 8.74. The molecule has 41 heavy (non-hydrogen) atoms. The Morgan fingerprint density at radius 2 is 1.27 bits per heavy atom. The summed E-state index contributed by atoms with van der Waals surface area (Å²) in [6, 6.07) is 2.93. The van der Waals surface area contributed by atoms with Crippen LogP contribution in [0.4, 0.5) is 8.78 Å². The van der Waals surface area contributed by atoms with Gasteiger partial charge < -0.3 is 14.2 Å². The molecule has 0 aromatic heterocycles. The molecule has 4 fully saturated rings. The lowest BCUT2D eigenvalue weighted by atomic mass is 9.61. The largest absolute Gasteiger partial charge is 0.491 e. The van der Waals surface area contributed by atoms with Crippen LogP contribution < -0.4 is 9.47 Å². The van der Waals surface area contributed by atoms with Gasteiger partial charge in [-0.25, -0.2) is 0 Å². The third-order valence-electron chi connectivity index (χ3n) is 11.1. The van der Waals surface area contributed by atoms with Gasteiger partial charge in [0, 0.05) is 0 Å². The molecule has 4 nitrogen and oxygen atoms in total. The molecule has 5 rings (SSSR count). The van der Waals surface area contributed by atoms with Gasteiger partial charge in [-0.1, -0.05) is 19.8 Å². The first-order valence-electron chi connectivity index (χ1n) is 16.9. The zero-order valence-corrected chi connectivity index (χ0v) is 25.4. The molecule has 4 saturated carbocycles. The van der Waals surface area contributed by atoms with Crippen LogP contribution in [-0.2, 0) is 9.53 Å². The minimum atomic E-state index is -0.969. The van der Waals surface area contributed by atoms with E-state index >= 15 is 0 Å². The maximum Gasteiger partial charge on any atom is 0.309 e. The molecule has 0 amide bonds. The summed E-state index contributed by atoms with van der Waals surface area (Å²) < 4.78 is 45.6. The molecular formula is C35H52F2O4. The van der Waals surface area contributed by atoms with Crippen molar-refractivity contribution in [3.05, 3.63) is 23.8 Å². The molecule has 4 aliphatic carbocycles. The maximum absolute atomic E-state index is 14.4. The van der Waals surface area contributed by atoms with Crippen LogP contribution in [0, 0.1) is 53.1 Å². The van der Waals surface area contributed by atoms with Crippen LogP contribution in [0.5, 0.6) is 11.5 Å². The van der Waals surface area contributed by atoms with E-state index in [0.29, 0.717) is 19.1 Å². The smallest absolute Gasteiger partial charge is 0.309 e. The summed E-state index contributed by atoms with van der Waals surface area (Å²) in [6.45, 7) is 4.73. The number of fused-ring (bicyclic) bond motifs is 1. The van der Waals surface area contributed by atoms with E-state index < -0.39 is 11.6 Å². The van der Waals surface area contributed by atoms with Crippen molar-refractivity contribution in [2.75, 3.05) is 13.2 Å². The minimum absolute atomic E-state index is 0.0163. The average molecular weight is 575 g/mol. The highest BCUT2D eigenvalue weighted by atomic mass is 19.2. The van der Waals surface area contributed by atoms with Gasteiger partial charge in [-0.15, -0.1) is 0 Å². The lowest BCUT2D eigenvalue weighted by Gasteiger charge is -2.45. The fraction of sp³-hybridized carbons (Fsp3) is 0.800. The maximum atomic E-state index is 14.4. The SMILES string of the molecule is CCCC1CCC(C(=O)OC2CCC(C3CCC4CC(COc5ccc(OCC)c(F)c5F)CCC4C3)CC2)CC1. The van der Waals surface area contributed by atoms with Crippen molar-refractivity contribution in [2.45, 2.75) is 123 Å². The number of halogens is 2. The summed E-state index contributed by atoms with van der Waals surface area (Å²) in [7, 11) is 0.